The SMILES string of the molecule is CN(C)c1ccc(CNC(=O)C2(N)CCOCC2)cn1.Cl.Cl. The third kappa shape index (κ3) is 5.28. The van der Waals surface area contributed by atoms with Gasteiger partial charge in [0.2, 0.25) is 5.91 Å². The van der Waals surface area contributed by atoms with E-state index in [1.54, 1.807) is 6.20 Å². The van der Waals surface area contributed by atoms with E-state index in [1.165, 1.54) is 0 Å². The van der Waals surface area contributed by atoms with E-state index in [9.17, 15) is 4.79 Å². The highest BCUT2D eigenvalue weighted by atomic mass is 35.5. The van der Waals surface area contributed by atoms with Gasteiger partial charge < -0.3 is 20.7 Å². The number of ether oxygens (including phenoxy) is 1. The molecule has 126 valence electrons. The average molecular weight is 351 g/mol. The van der Waals surface area contributed by atoms with E-state index in [-0.39, 0.29) is 30.7 Å². The molecule has 22 heavy (non-hydrogen) atoms. The predicted molar refractivity (Wildman–Crippen MR) is 91.9 cm³/mol. The fourth-order valence-corrected chi connectivity index (χ4v) is 2.11. The molecular formula is C14H24Cl2N4O2. The Bertz CT molecular complexity index is 462. The second kappa shape index (κ2) is 9.15. The Morgan fingerprint density at radius 3 is 2.50 bits per heavy atom. The van der Waals surface area contributed by atoms with Crippen LogP contribution in [0, 0.1) is 0 Å². The monoisotopic (exact) mass is 350 g/mol. The van der Waals surface area contributed by atoms with Crippen LogP contribution in [0.4, 0.5) is 5.82 Å². The van der Waals surface area contributed by atoms with E-state index in [0.29, 0.717) is 32.6 Å². The molecule has 2 heterocycles. The zero-order valence-corrected chi connectivity index (χ0v) is 14.5. The summed E-state index contributed by atoms with van der Waals surface area (Å²) >= 11 is 0. The molecule has 1 aliphatic rings. The van der Waals surface area contributed by atoms with Gasteiger partial charge in [0.05, 0.1) is 5.54 Å². The smallest absolute Gasteiger partial charge is 0.240 e. The van der Waals surface area contributed by atoms with Crippen molar-refractivity contribution < 1.29 is 9.53 Å². The third-order valence-corrected chi connectivity index (χ3v) is 3.56. The molecule has 0 aliphatic carbocycles. The molecule has 1 fully saturated rings. The Kier molecular flexibility index (Phi) is 8.70. The summed E-state index contributed by atoms with van der Waals surface area (Å²) in [6.45, 7) is 1.53. The van der Waals surface area contributed by atoms with Crippen LogP contribution >= 0.6 is 24.8 Å². The Labute approximate surface area is 143 Å². The number of nitrogens with two attached hydrogens (primary N) is 1. The van der Waals surface area contributed by atoms with Gasteiger partial charge in [0.15, 0.2) is 0 Å². The maximum Gasteiger partial charge on any atom is 0.240 e. The highest BCUT2D eigenvalue weighted by Gasteiger charge is 2.35. The second-order valence-electron chi connectivity index (χ2n) is 5.37. The van der Waals surface area contributed by atoms with Crippen molar-refractivity contribution in [3.05, 3.63) is 23.9 Å². The molecule has 0 saturated carbocycles. The lowest BCUT2D eigenvalue weighted by atomic mass is 9.90. The van der Waals surface area contributed by atoms with Crippen LogP contribution in [0.5, 0.6) is 0 Å². The van der Waals surface area contributed by atoms with Crippen molar-refractivity contribution in [2.45, 2.75) is 24.9 Å². The number of hydrogen-bond donors (Lipinski definition) is 2. The zero-order valence-electron chi connectivity index (χ0n) is 12.9. The molecule has 0 atom stereocenters. The molecule has 8 heteroatoms. The summed E-state index contributed by atoms with van der Waals surface area (Å²) in [6, 6.07) is 3.88. The number of anilines is 1. The van der Waals surface area contributed by atoms with Gasteiger partial charge in [0.25, 0.3) is 0 Å². The van der Waals surface area contributed by atoms with Crippen LogP contribution in [0.1, 0.15) is 18.4 Å². The summed E-state index contributed by atoms with van der Waals surface area (Å²) in [5, 5.41) is 2.88. The van der Waals surface area contributed by atoms with Gasteiger partial charge >= 0.3 is 0 Å². The Morgan fingerprint density at radius 2 is 2.00 bits per heavy atom. The van der Waals surface area contributed by atoms with Crippen LogP contribution < -0.4 is 16.0 Å². The van der Waals surface area contributed by atoms with Gasteiger partial charge in [-0.05, 0) is 24.5 Å². The van der Waals surface area contributed by atoms with Crippen molar-refractivity contribution in [2.75, 3.05) is 32.2 Å². The van der Waals surface area contributed by atoms with Gasteiger partial charge in [-0.1, -0.05) is 6.07 Å². The van der Waals surface area contributed by atoms with Gasteiger partial charge in [-0.15, -0.1) is 24.8 Å². The number of carbonyl (C=O) groups excluding carboxylic acids is 1. The minimum absolute atomic E-state index is 0. The summed E-state index contributed by atoms with van der Waals surface area (Å²) in [5.41, 5.74) is 6.28. The topological polar surface area (TPSA) is 80.5 Å². The van der Waals surface area contributed by atoms with Crippen LogP contribution in [-0.2, 0) is 16.1 Å². The van der Waals surface area contributed by atoms with Crippen LogP contribution in [0.15, 0.2) is 18.3 Å². The zero-order chi connectivity index (χ0) is 14.6. The molecular weight excluding hydrogens is 327 g/mol. The lowest BCUT2D eigenvalue weighted by Gasteiger charge is -2.31. The molecule has 1 amide bonds. The number of rotatable bonds is 4. The first kappa shape index (κ1) is 20.9. The number of carbonyl (C=O) groups is 1. The van der Waals surface area contributed by atoms with Crippen molar-refractivity contribution in [2.24, 2.45) is 5.73 Å². The number of pyridine rings is 1. The third-order valence-electron chi connectivity index (χ3n) is 3.56. The van der Waals surface area contributed by atoms with Gasteiger partial charge in [0.1, 0.15) is 5.82 Å². The molecule has 0 unspecified atom stereocenters. The summed E-state index contributed by atoms with van der Waals surface area (Å²) < 4.78 is 5.24. The largest absolute Gasteiger partial charge is 0.381 e. The minimum Gasteiger partial charge on any atom is -0.381 e. The molecule has 2 rings (SSSR count). The van der Waals surface area contributed by atoms with E-state index >= 15 is 0 Å². The Morgan fingerprint density at radius 1 is 1.36 bits per heavy atom. The lowest BCUT2D eigenvalue weighted by molar-refractivity contribution is -0.129. The Hall–Kier alpha value is -1.08. The van der Waals surface area contributed by atoms with Crippen LogP contribution in [0.3, 0.4) is 0 Å². The first-order valence-electron chi connectivity index (χ1n) is 6.78. The number of hydrogen-bond acceptors (Lipinski definition) is 5. The highest BCUT2D eigenvalue weighted by Crippen LogP contribution is 2.18. The molecule has 1 aliphatic heterocycles. The number of nitrogens with one attached hydrogen (secondary N) is 1. The molecule has 0 radical (unpaired) electrons. The molecule has 1 aromatic heterocycles. The molecule has 0 bridgehead atoms. The van der Waals surface area contributed by atoms with Gasteiger partial charge in [-0.2, -0.15) is 0 Å². The maximum atomic E-state index is 12.1. The summed E-state index contributed by atoms with van der Waals surface area (Å²) in [7, 11) is 3.88. The van der Waals surface area contributed by atoms with Crippen molar-refractivity contribution in [1.29, 1.82) is 0 Å². The van der Waals surface area contributed by atoms with E-state index in [1.807, 2.05) is 31.1 Å². The fraction of sp³-hybridized carbons (Fsp3) is 0.571. The van der Waals surface area contributed by atoms with Crippen molar-refractivity contribution in [1.82, 2.24) is 10.3 Å². The number of nitrogens with zero attached hydrogens (tertiary/aromatic N) is 2. The van der Waals surface area contributed by atoms with Gasteiger partial charge in [-0.25, -0.2) is 4.98 Å². The van der Waals surface area contributed by atoms with E-state index < -0.39 is 5.54 Å². The normalized spacial score (nSPS) is 16.0. The fourth-order valence-electron chi connectivity index (χ4n) is 2.11. The van der Waals surface area contributed by atoms with Crippen LogP contribution in [0.25, 0.3) is 0 Å². The van der Waals surface area contributed by atoms with Crippen molar-refractivity contribution in [3.8, 4) is 0 Å². The van der Waals surface area contributed by atoms with E-state index in [4.69, 9.17) is 10.5 Å². The quantitative estimate of drug-likeness (QED) is 0.850. The average Bonchev–Trinajstić information content (AvgIpc) is 2.46. The predicted octanol–water partition coefficient (Wildman–Crippen LogP) is 1.12. The number of amides is 1. The molecule has 0 aromatic carbocycles. The van der Waals surface area contributed by atoms with E-state index in [0.717, 1.165) is 11.4 Å². The minimum atomic E-state index is -0.796. The van der Waals surface area contributed by atoms with Crippen molar-refractivity contribution >= 4 is 36.5 Å². The van der Waals surface area contributed by atoms with E-state index in [2.05, 4.69) is 10.3 Å². The summed E-state index contributed by atoms with van der Waals surface area (Å²) in [6.07, 6.45) is 2.90. The van der Waals surface area contributed by atoms with Gasteiger partial charge in [-0.3, -0.25) is 4.79 Å². The van der Waals surface area contributed by atoms with Crippen molar-refractivity contribution in [3.63, 3.8) is 0 Å². The molecule has 0 spiro atoms. The van der Waals surface area contributed by atoms with Crippen LogP contribution in [0.2, 0.25) is 0 Å². The second-order valence-corrected chi connectivity index (χ2v) is 5.37. The first-order chi connectivity index (χ1) is 9.51. The first-order valence-corrected chi connectivity index (χ1v) is 6.78. The molecule has 1 saturated heterocycles. The number of aromatic nitrogens is 1. The number of halogens is 2. The lowest BCUT2D eigenvalue weighted by Crippen LogP contribution is -2.56. The summed E-state index contributed by atoms with van der Waals surface area (Å²) in [5.74, 6) is 0.775. The molecule has 1 aromatic rings. The molecule has 6 nitrogen and oxygen atoms in total. The molecule has 3 N–H and O–H groups in total. The van der Waals surface area contributed by atoms with Gasteiger partial charge in [0, 0.05) is 40.1 Å². The standard InChI is InChI=1S/C14H22N4O2.2ClH/c1-18(2)12-4-3-11(9-16-12)10-17-13(19)14(15)5-7-20-8-6-14;;/h3-4,9H,5-8,10,15H2,1-2H3,(H,17,19);2*1H. The van der Waals surface area contributed by atoms with Crippen LogP contribution in [-0.4, -0.2) is 43.7 Å². The maximum absolute atomic E-state index is 12.1. The summed E-state index contributed by atoms with van der Waals surface area (Å²) in [4.78, 5) is 18.4. The highest BCUT2D eigenvalue weighted by molar-refractivity contribution is 5.86. The Balaban J connectivity index is 0.00000220.